The van der Waals surface area contributed by atoms with Crippen LogP contribution in [0.3, 0.4) is 0 Å². The molecule has 2 unspecified atom stereocenters. The molecule has 0 spiro atoms. The number of alkyl carbamates (subject to hydrolysis) is 1. The number of hydrogen-bond donors (Lipinski definition) is 4. The first-order chi connectivity index (χ1) is 31.6. The quantitative estimate of drug-likeness (QED) is 0.0336. The standard InChI is InChI=1S/C50H65N5O9S2/c1-7-9-28-50(29-10-8-2)35-55(38-25-18-13-19-26-38)40-31-42(65-6)41(32-43(40)66(60,61)54-50)62-34-44(56)53-45(37-23-16-12-17-24-37)46(57)52-39(47(58)64-49(3,4)5)27-20-30-51-48(59)63-33-36-21-14-11-15-22-36/h11-19,21-26,31-32,39,45,54H,7-10,20,27-30,33-35H2,1-6H3,(H,51,59)(H,52,57)(H,53,56). The lowest BCUT2D eigenvalue weighted by Crippen LogP contribution is -2.53. The van der Waals surface area contributed by atoms with E-state index in [0.29, 0.717) is 35.5 Å². The van der Waals surface area contributed by atoms with E-state index in [-0.39, 0.29) is 36.6 Å². The number of anilines is 2. The van der Waals surface area contributed by atoms with Crippen LogP contribution in [0.25, 0.3) is 0 Å². The summed E-state index contributed by atoms with van der Waals surface area (Å²) in [6.07, 6.45) is 6.46. The second-order valence-corrected chi connectivity index (χ2v) is 19.9. The Hall–Kier alpha value is -5.58. The molecule has 0 fully saturated rings. The van der Waals surface area contributed by atoms with E-state index < -0.39 is 63.7 Å². The van der Waals surface area contributed by atoms with Crippen LogP contribution in [0.4, 0.5) is 16.2 Å². The Balaban J connectivity index is 1.34. The summed E-state index contributed by atoms with van der Waals surface area (Å²) in [4.78, 5) is 56.5. The van der Waals surface area contributed by atoms with E-state index in [9.17, 15) is 27.6 Å². The summed E-state index contributed by atoms with van der Waals surface area (Å²) < 4.78 is 49.2. The van der Waals surface area contributed by atoms with E-state index in [4.69, 9.17) is 14.2 Å². The highest BCUT2D eigenvalue weighted by molar-refractivity contribution is 7.98. The number of hydrogen-bond acceptors (Lipinski definition) is 11. The lowest BCUT2D eigenvalue weighted by atomic mass is 9.87. The smallest absolute Gasteiger partial charge is 0.407 e. The van der Waals surface area contributed by atoms with Crippen LogP contribution in [0.1, 0.15) is 103 Å². The van der Waals surface area contributed by atoms with Gasteiger partial charge in [0.1, 0.15) is 34.9 Å². The van der Waals surface area contributed by atoms with E-state index in [2.05, 4.69) is 39.4 Å². The number of amides is 3. The maximum Gasteiger partial charge on any atom is 0.407 e. The number of benzene rings is 4. The van der Waals surface area contributed by atoms with Crippen molar-refractivity contribution >= 4 is 57.0 Å². The summed E-state index contributed by atoms with van der Waals surface area (Å²) in [7, 11) is -4.10. The highest BCUT2D eigenvalue weighted by atomic mass is 32.2. The Morgan fingerprint density at radius 2 is 1.47 bits per heavy atom. The normalized spacial score (nSPS) is 15.0. The van der Waals surface area contributed by atoms with Crippen molar-refractivity contribution in [3.05, 3.63) is 114 Å². The van der Waals surface area contributed by atoms with Crippen molar-refractivity contribution in [1.29, 1.82) is 0 Å². The third kappa shape index (κ3) is 15.0. The monoisotopic (exact) mass is 943 g/mol. The topological polar surface area (TPSA) is 181 Å². The van der Waals surface area contributed by atoms with Gasteiger partial charge in [-0.3, -0.25) is 9.59 Å². The fourth-order valence-electron chi connectivity index (χ4n) is 7.68. The van der Waals surface area contributed by atoms with Crippen LogP contribution in [0.5, 0.6) is 5.75 Å². The molecule has 4 N–H and O–H groups in total. The molecule has 3 amide bonds. The first-order valence-corrected chi connectivity index (χ1v) is 25.3. The minimum absolute atomic E-state index is 0.0310. The molecule has 0 bridgehead atoms. The van der Waals surface area contributed by atoms with Gasteiger partial charge in [0.25, 0.3) is 5.91 Å². The van der Waals surface area contributed by atoms with Gasteiger partial charge in [-0.1, -0.05) is 118 Å². The summed E-state index contributed by atoms with van der Waals surface area (Å²) in [6, 6.07) is 28.4. The SMILES string of the molecule is CCCCC1(CCCC)CN(c2ccccc2)c2cc(SC)c(OCC(=O)NC(C(=O)NC(CCCNC(=O)OCc3ccccc3)C(=O)OC(C)(C)C)c3ccccc3)cc2S(=O)(=O)N1. The molecule has 0 aromatic heterocycles. The first kappa shape index (κ1) is 51.4. The van der Waals surface area contributed by atoms with Gasteiger partial charge in [0.15, 0.2) is 6.61 Å². The number of nitrogens with zero attached hydrogens (tertiary/aromatic N) is 1. The zero-order valence-electron chi connectivity index (χ0n) is 38.9. The van der Waals surface area contributed by atoms with Crippen LogP contribution < -0.4 is 30.3 Å². The van der Waals surface area contributed by atoms with Gasteiger partial charge >= 0.3 is 12.1 Å². The number of carbonyl (C=O) groups is 4. The number of fused-ring (bicyclic) bond motifs is 1. The molecule has 0 saturated heterocycles. The molecular formula is C50H65N5O9S2. The van der Waals surface area contributed by atoms with Gasteiger partial charge in [0.2, 0.25) is 15.9 Å². The van der Waals surface area contributed by atoms with Gasteiger partial charge in [-0.2, -0.15) is 0 Å². The summed E-state index contributed by atoms with van der Waals surface area (Å²) in [5.74, 6) is -1.84. The number of unbranched alkanes of at least 4 members (excludes halogenated alkanes) is 2. The first-order valence-electron chi connectivity index (χ1n) is 22.6. The number of ether oxygens (including phenoxy) is 3. The molecule has 16 heteroatoms. The molecule has 4 aromatic rings. The molecule has 1 heterocycles. The number of rotatable bonds is 22. The lowest BCUT2D eigenvalue weighted by molar-refractivity contribution is -0.159. The van der Waals surface area contributed by atoms with Gasteiger partial charge in [-0.05, 0) is 82.0 Å². The Kier molecular flexibility index (Phi) is 18.9. The lowest BCUT2D eigenvalue weighted by Gasteiger charge is -2.37. The van der Waals surface area contributed by atoms with Gasteiger partial charge in [-0.25, -0.2) is 22.7 Å². The van der Waals surface area contributed by atoms with E-state index in [1.165, 1.54) is 17.8 Å². The van der Waals surface area contributed by atoms with Crippen LogP contribution in [0, 0.1) is 0 Å². The van der Waals surface area contributed by atoms with E-state index >= 15 is 0 Å². The molecule has 5 rings (SSSR count). The summed E-state index contributed by atoms with van der Waals surface area (Å²) in [5, 5.41) is 8.21. The van der Waals surface area contributed by atoms with Crippen LogP contribution in [0.15, 0.2) is 113 Å². The number of nitrogens with one attached hydrogen (secondary N) is 4. The number of thioether (sulfide) groups is 1. The van der Waals surface area contributed by atoms with Crippen molar-refractivity contribution in [3.8, 4) is 5.75 Å². The average Bonchev–Trinajstić information content (AvgIpc) is 3.39. The number of sulfonamides is 1. The molecule has 1 aliphatic heterocycles. The van der Waals surface area contributed by atoms with Crippen molar-refractivity contribution in [2.45, 2.75) is 126 Å². The van der Waals surface area contributed by atoms with Gasteiger partial charge in [0.05, 0.1) is 16.1 Å². The minimum Gasteiger partial charge on any atom is -0.483 e. The zero-order valence-corrected chi connectivity index (χ0v) is 40.5. The average molecular weight is 944 g/mol. The Morgan fingerprint density at radius 1 is 0.848 bits per heavy atom. The third-order valence-electron chi connectivity index (χ3n) is 10.9. The van der Waals surface area contributed by atoms with Crippen LogP contribution in [0.2, 0.25) is 0 Å². The highest BCUT2D eigenvalue weighted by Crippen LogP contribution is 2.44. The molecule has 2 atom stereocenters. The molecule has 0 aliphatic carbocycles. The van der Waals surface area contributed by atoms with Crippen molar-refractivity contribution < 1.29 is 41.8 Å². The number of esters is 1. The van der Waals surface area contributed by atoms with Crippen LogP contribution in [-0.4, -0.2) is 75.4 Å². The summed E-state index contributed by atoms with van der Waals surface area (Å²) in [5.41, 5.74) is 1.03. The Morgan fingerprint density at radius 3 is 2.08 bits per heavy atom. The maximum atomic E-state index is 14.5. The fourth-order valence-corrected chi connectivity index (χ4v) is 9.89. The fraction of sp³-hybridized carbons (Fsp3) is 0.440. The molecule has 1 aliphatic rings. The number of carbonyl (C=O) groups excluding carboxylic acids is 4. The molecule has 4 aromatic carbocycles. The Bertz CT molecular complexity index is 2320. The van der Waals surface area contributed by atoms with E-state index in [1.807, 2.05) is 66.9 Å². The molecule has 0 radical (unpaired) electrons. The van der Waals surface area contributed by atoms with Crippen LogP contribution >= 0.6 is 11.8 Å². The predicted octanol–water partition coefficient (Wildman–Crippen LogP) is 8.73. The highest BCUT2D eigenvalue weighted by Gasteiger charge is 2.42. The van der Waals surface area contributed by atoms with Crippen molar-refractivity contribution in [1.82, 2.24) is 20.7 Å². The van der Waals surface area contributed by atoms with Crippen molar-refractivity contribution in [2.75, 3.05) is 30.9 Å². The molecular weight excluding hydrogens is 879 g/mol. The Labute approximate surface area is 394 Å². The molecule has 0 saturated carbocycles. The van der Waals surface area contributed by atoms with Gasteiger partial charge in [-0.15, -0.1) is 11.8 Å². The largest absolute Gasteiger partial charge is 0.483 e. The van der Waals surface area contributed by atoms with E-state index in [1.54, 1.807) is 57.2 Å². The number of para-hydroxylation sites is 1. The second-order valence-electron chi connectivity index (χ2n) is 17.4. The van der Waals surface area contributed by atoms with E-state index in [0.717, 1.165) is 36.9 Å². The van der Waals surface area contributed by atoms with Crippen molar-refractivity contribution in [3.63, 3.8) is 0 Å². The van der Waals surface area contributed by atoms with Crippen LogP contribution in [-0.2, 0) is 40.5 Å². The van der Waals surface area contributed by atoms with Crippen molar-refractivity contribution in [2.24, 2.45) is 0 Å². The maximum absolute atomic E-state index is 14.5. The molecule has 356 valence electrons. The zero-order chi connectivity index (χ0) is 47.7. The molecule has 66 heavy (non-hydrogen) atoms. The van der Waals surface area contributed by atoms with Gasteiger partial charge in [0, 0.05) is 24.8 Å². The minimum atomic E-state index is -4.10. The second kappa shape index (κ2) is 24.3. The predicted molar refractivity (Wildman–Crippen MR) is 258 cm³/mol. The summed E-state index contributed by atoms with van der Waals surface area (Å²) in [6.45, 7) is 9.46. The van der Waals surface area contributed by atoms with Gasteiger partial charge < -0.3 is 35.1 Å². The summed E-state index contributed by atoms with van der Waals surface area (Å²) >= 11 is 1.35. The molecule has 14 nitrogen and oxygen atoms in total. The third-order valence-corrected chi connectivity index (χ3v) is 13.3.